The fourth-order valence-corrected chi connectivity index (χ4v) is 5.75. The van der Waals surface area contributed by atoms with E-state index in [2.05, 4.69) is 20.9 Å². The summed E-state index contributed by atoms with van der Waals surface area (Å²) >= 11 is 7.47. The molecule has 0 spiro atoms. The smallest absolute Gasteiger partial charge is 0.262 e. The molecule has 2 fully saturated rings. The number of hydrogen-bond acceptors (Lipinski definition) is 5. The molecule has 0 bridgehead atoms. The Morgan fingerprint density at radius 1 is 1.26 bits per heavy atom. The second-order valence-electron chi connectivity index (χ2n) is 9.54. The van der Waals surface area contributed by atoms with Gasteiger partial charge in [-0.05, 0) is 57.2 Å². The molecule has 0 aromatic carbocycles. The van der Waals surface area contributed by atoms with E-state index in [1.54, 1.807) is 12.3 Å². The largest absolute Gasteiger partial charge is 0.376 e. The summed E-state index contributed by atoms with van der Waals surface area (Å²) in [5.74, 6) is -0.0175. The number of hydrogen-bond donors (Lipinski definition) is 3. The number of halogens is 2. The van der Waals surface area contributed by atoms with Gasteiger partial charge in [0.15, 0.2) is 0 Å². The molecule has 2 atom stereocenters. The standard InChI is InChI=1S/C25H32ClFN4O2S/c1-14-20(10-17(26)13-28-14)29-15(2)22-7-8-23(34-22)25(33)31-21(9-16-5-3-4-6-16)24(32)30-19-11-18(27)12-19/h7-8,10,13,15-16,18-19,21,29H,3-6,9,11-12H2,1-2H3,(H,30,32)(H,31,33)/t15-,18-,19+,21-/m0/s1. The van der Waals surface area contributed by atoms with Crippen LogP contribution < -0.4 is 16.0 Å². The maximum atomic E-state index is 13.2. The lowest BCUT2D eigenvalue weighted by atomic mass is 9.90. The first-order valence-corrected chi connectivity index (χ1v) is 13.2. The maximum absolute atomic E-state index is 13.2. The summed E-state index contributed by atoms with van der Waals surface area (Å²) in [6.45, 7) is 3.92. The molecule has 0 radical (unpaired) electrons. The fraction of sp³-hybridized carbons (Fsp3) is 0.560. The van der Waals surface area contributed by atoms with E-state index >= 15 is 0 Å². The summed E-state index contributed by atoms with van der Waals surface area (Å²) < 4.78 is 13.2. The highest BCUT2D eigenvalue weighted by molar-refractivity contribution is 7.14. The number of nitrogens with one attached hydrogen (secondary N) is 3. The molecule has 2 aromatic heterocycles. The second kappa shape index (κ2) is 11.0. The van der Waals surface area contributed by atoms with Gasteiger partial charge in [-0.1, -0.05) is 37.3 Å². The molecule has 9 heteroatoms. The van der Waals surface area contributed by atoms with Crippen molar-refractivity contribution >= 4 is 40.4 Å². The predicted molar refractivity (Wildman–Crippen MR) is 134 cm³/mol. The molecule has 2 saturated carbocycles. The van der Waals surface area contributed by atoms with Crippen molar-refractivity contribution in [2.45, 2.75) is 83.1 Å². The van der Waals surface area contributed by atoms with Gasteiger partial charge in [-0.3, -0.25) is 14.6 Å². The molecule has 184 valence electrons. The molecule has 2 heterocycles. The number of carbonyl (C=O) groups is 2. The van der Waals surface area contributed by atoms with Crippen LogP contribution in [0.5, 0.6) is 0 Å². The fourth-order valence-electron chi connectivity index (χ4n) is 4.67. The Morgan fingerprint density at radius 3 is 2.71 bits per heavy atom. The Morgan fingerprint density at radius 2 is 2.00 bits per heavy atom. The van der Waals surface area contributed by atoms with E-state index in [4.69, 9.17) is 11.6 Å². The number of nitrogens with zero attached hydrogens (tertiary/aromatic N) is 1. The van der Waals surface area contributed by atoms with Crippen LogP contribution in [0.4, 0.5) is 10.1 Å². The lowest BCUT2D eigenvalue weighted by Crippen LogP contribution is -2.53. The summed E-state index contributed by atoms with van der Waals surface area (Å²) in [6, 6.07) is 4.77. The summed E-state index contributed by atoms with van der Waals surface area (Å²) in [6.07, 6.45) is 6.62. The zero-order chi connectivity index (χ0) is 24.2. The van der Waals surface area contributed by atoms with Gasteiger partial charge in [-0.25, -0.2) is 4.39 Å². The first-order valence-electron chi connectivity index (χ1n) is 12.0. The van der Waals surface area contributed by atoms with Crippen LogP contribution in [0.15, 0.2) is 24.4 Å². The first kappa shape index (κ1) is 24.9. The van der Waals surface area contributed by atoms with Crippen molar-refractivity contribution in [2.75, 3.05) is 5.32 Å². The number of alkyl halides is 1. The average Bonchev–Trinajstić information content (AvgIpc) is 3.47. The van der Waals surface area contributed by atoms with E-state index in [9.17, 15) is 14.0 Å². The molecule has 4 rings (SSSR count). The van der Waals surface area contributed by atoms with Crippen molar-refractivity contribution in [3.05, 3.63) is 44.9 Å². The van der Waals surface area contributed by atoms with E-state index in [1.807, 2.05) is 26.0 Å². The van der Waals surface area contributed by atoms with Gasteiger partial charge in [0.05, 0.1) is 27.3 Å². The van der Waals surface area contributed by atoms with Crippen LogP contribution in [-0.2, 0) is 4.79 Å². The number of aromatic nitrogens is 1. The molecule has 2 aliphatic carbocycles. The van der Waals surface area contributed by atoms with Crippen molar-refractivity contribution < 1.29 is 14.0 Å². The Balaban J connectivity index is 1.39. The third kappa shape index (κ3) is 6.27. The zero-order valence-corrected chi connectivity index (χ0v) is 21.1. The van der Waals surface area contributed by atoms with Gasteiger partial charge < -0.3 is 16.0 Å². The number of thiophene rings is 1. The minimum absolute atomic E-state index is 0.0460. The second-order valence-corrected chi connectivity index (χ2v) is 11.1. The highest BCUT2D eigenvalue weighted by Crippen LogP contribution is 2.31. The topological polar surface area (TPSA) is 83.1 Å². The van der Waals surface area contributed by atoms with Crippen molar-refractivity contribution in [3.8, 4) is 0 Å². The van der Waals surface area contributed by atoms with Gasteiger partial charge in [0.2, 0.25) is 5.91 Å². The lowest BCUT2D eigenvalue weighted by Gasteiger charge is -2.32. The van der Waals surface area contributed by atoms with Crippen molar-refractivity contribution in [1.82, 2.24) is 15.6 Å². The van der Waals surface area contributed by atoms with Crippen LogP contribution in [0, 0.1) is 12.8 Å². The Hall–Kier alpha value is -2.19. The van der Waals surface area contributed by atoms with Crippen LogP contribution >= 0.6 is 22.9 Å². The molecule has 2 aromatic rings. The molecule has 2 amide bonds. The number of aryl methyl sites for hydroxylation is 1. The van der Waals surface area contributed by atoms with Crippen molar-refractivity contribution in [1.29, 1.82) is 0 Å². The molecule has 2 aliphatic rings. The average molecular weight is 507 g/mol. The first-order chi connectivity index (χ1) is 16.3. The van der Waals surface area contributed by atoms with Crippen LogP contribution in [0.3, 0.4) is 0 Å². The van der Waals surface area contributed by atoms with E-state index < -0.39 is 12.2 Å². The maximum Gasteiger partial charge on any atom is 0.262 e. The van der Waals surface area contributed by atoms with Gasteiger partial charge in [0, 0.05) is 17.1 Å². The van der Waals surface area contributed by atoms with E-state index in [-0.39, 0.29) is 23.9 Å². The lowest BCUT2D eigenvalue weighted by molar-refractivity contribution is -0.125. The summed E-state index contributed by atoms with van der Waals surface area (Å²) in [5.41, 5.74) is 1.69. The summed E-state index contributed by atoms with van der Waals surface area (Å²) in [7, 11) is 0. The van der Waals surface area contributed by atoms with Crippen LogP contribution in [0.2, 0.25) is 5.02 Å². The third-order valence-corrected chi connectivity index (χ3v) is 8.27. The number of pyridine rings is 1. The van der Waals surface area contributed by atoms with Gasteiger partial charge in [-0.15, -0.1) is 11.3 Å². The van der Waals surface area contributed by atoms with Gasteiger partial charge in [-0.2, -0.15) is 0 Å². The minimum Gasteiger partial charge on any atom is -0.376 e. The molecule has 6 nitrogen and oxygen atoms in total. The van der Waals surface area contributed by atoms with E-state index in [1.165, 1.54) is 24.2 Å². The molecule has 0 unspecified atom stereocenters. The Labute approximate surface area is 209 Å². The van der Waals surface area contributed by atoms with Crippen LogP contribution in [-0.4, -0.2) is 35.1 Å². The zero-order valence-electron chi connectivity index (χ0n) is 19.6. The molecular weight excluding hydrogens is 475 g/mol. The molecule has 0 aliphatic heterocycles. The number of rotatable bonds is 9. The Bertz CT molecular complexity index is 1020. The molecule has 0 saturated heterocycles. The number of anilines is 1. The molecule has 34 heavy (non-hydrogen) atoms. The minimum atomic E-state index is -0.834. The molecule has 3 N–H and O–H groups in total. The molecular formula is C25H32ClFN4O2S. The van der Waals surface area contributed by atoms with Crippen molar-refractivity contribution in [3.63, 3.8) is 0 Å². The van der Waals surface area contributed by atoms with Gasteiger partial charge >= 0.3 is 0 Å². The summed E-state index contributed by atoms with van der Waals surface area (Å²) in [4.78, 5) is 31.8. The number of carbonyl (C=O) groups excluding carboxylic acids is 2. The predicted octanol–water partition coefficient (Wildman–Crippen LogP) is 5.57. The van der Waals surface area contributed by atoms with E-state index in [0.717, 1.165) is 29.1 Å². The van der Waals surface area contributed by atoms with Gasteiger partial charge in [0.1, 0.15) is 12.2 Å². The Kier molecular flexibility index (Phi) is 8.09. The normalized spacial score (nSPS) is 22.0. The van der Waals surface area contributed by atoms with Gasteiger partial charge in [0.25, 0.3) is 5.91 Å². The van der Waals surface area contributed by atoms with E-state index in [0.29, 0.717) is 35.1 Å². The van der Waals surface area contributed by atoms with Crippen LogP contribution in [0.25, 0.3) is 0 Å². The SMILES string of the molecule is Cc1ncc(Cl)cc1N[C@@H](C)c1ccc(C(=O)N[C@@H](CC2CCCC2)C(=O)N[C@H]2C[C@@H](F)C2)s1. The number of amides is 2. The summed E-state index contributed by atoms with van der Waals surface area (Å²) in [5, 5.41) is 9.84. The van der Waals surface area contributed by atoms with Crippen LogP contribution in [0.1, 0.15) is 78.2 Å². The highest BCUT2D eigenvalue weighted by atomic mass is 35.5. The van der Waals surface area contributed by atoms with Crippen molar-refractivity contribution in [2.24, 2.45) is 5.92 Å². The highest BCUT2D eigenvalue weighted by Gasteiger charge is 2.34. The third-order valence-electron chi connectivity index (χ3n) is 6.80. The quantitative estimate of drug-likeness (QED) is 0.415. The monoisotopic (exact) mass is 506 g/mol.